The highest BCUT2D eigenvalue weighted by Gasteiger charge is 2.27. The average molecular weight is 326 g/mol. The van der Waals surface area contributed by atoms with Crippen LogP contribution in [0.1, 0.15) is 33.1 Å². The lowest BCUT2D eigenvalue weighted by Gasteiger charge is -2.35. The number of nitrogens with one attached hydrogen (secondary N) is 2. The molecule has 7 heteroatoms. The Bertz CT molecular complexity index is 391. The molecule has 2 heterocycles. The molecule has 2 rings (SSSR count). The second-order valence-electron chi connectivity index (χ2n) is 6.40. The summed E-state index contributed by atoms with van der Waals surface area (Å²) in [6, 6.07) is 0.0194. The Morgan fingerprint density at radius 1 is 1.26 bits per heavy atom. The number of hydrogen-bond acceptors (Lipinski definition) is 4. The molecule has 0 aliphatic carbocycles. The summed E-state index contributed by atoms with van der Waals surface area (Å²) in [4.78, 5) is 27.9. The van der Waals surface area contributed by atoms with Gasteiger partial charge in [0.05, 0.1) is 18.7 Å². The lowest BCUT2D eigenvalue weighted by atomic mass is 10.1. The molecule has 2 aliphatic rings. The van der Waals surface area contributed by atoms with Crippen LogP contribution < -0.4 is 10.6 Å². The van der Waals surface area contributed by atoms with Crippen LogP contribution in [0.25, 0.3) is 0 Å². The van der Waals surface area contributed by atoms with E-state index < -0.39 is 0 Å². The summed E-state index contributed by atoms with van der Waals surface area (Å²) in [6.45, 7) is 8.77. The first kappa shape index (κ1) is 18.0. The Morgan fingerprint density at radius 2 is 2.00 bits per heavy atom. The molecule has 2 aliphatic heterocycles. The highest BCUT2D eigenvalue weighted by molar-refractivity contribution is 5.78. The van der Waals surface area contributed by atoms with Crippen molar-refractivity contribution in [2.24, 2.45) is 0 Å². The van der Waals surface area contributed by atoms with E-state index >= 15 is 0 Å². The fraction of sp³-hybridized carbons (Fsp3) is 0.875. The van der Waals surface area contributed by atoms with E-state index in [0.29, 0.717) is 19.6 Å². The number of nitrogens with zero attached hydrogens (tertiary/aromatic N) is 2. The highest BCUT2D eigenvalue weighted by Crippen LogP contribution is 2.15. The standard InChI is InChI=1S/C16H30N4O3/c1-3-6-17-15(21)12-19-7-9-20(10-8-19)16(22)18-13(2)14-5-4-11-23-14/h13-14H,3-12H2,1-2H3,(H,17,21)(H,18,22). The first-order chi connectivity index (χ1) is 11.1. The van der Waals surface area contributed by atoms with Gasteiger partial charge in [0.2, 0.25) is 5.91 Å². The molecule has 0 bridgehead atoms. The number of hydrogen-bond donors (Lipinski definition) is 2. The number of ether oxygens (including phenoxy) is 1. The molecular weight excluding hydrogens is 296 g/mol. The van der Waals surface area contributed by atoms with Crippen molar-refractivity contribution < 1.29 is 14.3 Å². The number of urea groups is 1. The molecule has 0 radical (unpaired) electrons. The van der Waals surface area contributed by atoms with Crippen LogP contribution in [-0.4, -0.2) is 79.8 Å². The molecule has 2 saturated heterocycles. The van der Waals surface area contributed by atoms with E-state index in [1.165, 1.54) is 0 Å². The van der Waals surface area contributed by atoms with Crippen molar-refractivity contribution in [3.8, 4) is 0 Å². The van der Waals surface area contributed by atoms with Gasteiger partial charge in [0.15, 0.2) is 0 Å². The van der Waals surface area contributed by atoms with Gasteiger partial charge in [-0.2, -0.15) is 0 Å². The van der Waals surface area contributed by atoms with E-state index in [9.17, 15) is 9.59 Å². The Kier molecular flexibility index (Phi) is 7.11. The molecule has 2 unspecified atom stereocenters. The first-order valence-corrected chi connectivity index (χ1v) is 8.76. The van der Waals surface area contributed by atoms with Crippen LogP contribution in [0.5, 0.6) is 0 Å². The second-order valence-corrected chi connectivity index (χ2v) is 6.40. The molecule has 0 saturated carbocycles. The molecule has 2 atom stereocenters. The van der Waals surface area contributed by atoms with Gasteiger partial charge in [-0.25, -0.2) is 4.79 Å². The van der Waals surface area contributed by atoms with Crippen LogP contribution in [0, 0.1) is 0 Å². The molecule has 0 aromatic rings. The minimum absolute atomic E-state index is 0.0249. The van der Waals surface area contributed by atoms with E-state index in [-0.39, 0.29) is 24.1 Å². The number of rotatable bonds is 6. The van der Waals surface area contributed by atoms with Gasteiger partial charge in [-0.15, -0.1) is 0 Å². The van der Waals surface area contributed by atoms with Crippen molar-refractivity contribution in [2.45, 2.75) is 45.3 Å². The van der Waals surface area contributed by atoms with Gasteiger partial charge in [0.25, 0.3) is 0 Å². The maximum absolute atomic E-state index is 12.3. The van der Waals surface area contributed by atoms with Crippen LogP contribution in [0.4, 0.5) is 4.79 Å². The largest absolute Gasteiger partial charge is 0.376 e. The smallest absolute Gasteiger partial charge is 0.317 e. The first-order valence-electron chi connectivity index (χ1n) is 8.76. The van der Waals surface area contributed by atoms with Gasteiger partial charge in [-0.05, 0) is 26.2 Å². The third-order valence-corrected chi connectivity index (χ3v) is 4.47. The summed E-state index contributed by atoms with van der Waals surface area (Å²) in [5.41, 5.74) is 0. The Hall–Kier alpha value is -1.34. The number of piperazine rings is 1. The van der Waals surface area contributed by atoms with Crippen LogP contribution in [0.2, 0.25) is 0 Å². The minimum atomic E-state index is -0.0249. The van der Waals surface area contributed by atoms with Gasteiger partial charge in [0, 0.05) is 39.3 Å². The van der Waals surface area contributed by atoms with Crippen molar-refractivity contribution in [1.82, 2.24) is 20.4 Å². The summed E-state index contributed by atoms with van der Waals surface area (Å²) < 4.78 is 5.61. The molecular formula is C16H30N4O3. The van der Waals surface area contributed by atoms with Gasteiger partial charge in [0.1, 0.15) is 0 Å². The SMILES string of the molecule is CCCNC(=O)CN1CCN(C(=O)NC(C)C2CCCO2)CC1. The molecule has 23 heavy (non-hydrogen) atoms. The number of amides is 3. The average Bonchev–Trinajstić information content (AvgIpc) is 3.08. The topological polar surface area (TPSA) is 73.9 Å². The summed E-state index contributed by atoms with van der Waals surface area (Å²) in [7, 11) is 0. The highest BCUT2D eigenvalue weighted by atomic mass is 16.5. The maximum Gasteiger partial charge on any atom is 0.317 e. The lowest BCUT2D eigenvalue weighted by molar-refractivity contribution is -0.122. The van der Waals surface area contributed by atoms with Crippen molar-refractivity contribution >= 4 is 11.9 Å². The Morgan fingerprint density at radius 3 is 2.61 bits per heavy atom. The van der Waals surface area contributed by atoms with Crippen molar-refractivity contribution in [3.63, 3.8) is 0 Å². The van der Waals surface area contributed by atoms with Crippen LogP contribution in [-0.2, 0) is 9.53 Å². The van der Waals surface area contributed by atoms with E-state index in [1.54, 1.807) is 0 Å². The maximum atomic E-state index is 12.3. The second kappa shape index (κ2) is 9.08. The van der Waals surface area contributed by atoms with Crippen molar-refractivity contribution in [2.75, 3.05) is 45.9 Å². The molecule has 132 valence electrons. The molecule has 0 aromatic carbocycles. The lowest BCUT2D eigenvalue weighted by Crippen LogP contribution is -2.55. The van der Waals surface area contributed by atoms with E-state index in [0.717, 1.165) is 45.5 Å². The molecule has 2 N–H and O–H groups in total. The molecule has 0 aromatic heterocycles. The molecule has 7 nitrogen and oxygen atoms in total. The van der Waals surface area contributed by atoms with Gasteiger partial charge >= 0.3 is 6.03 Å². The van der Waals surface area contributed by atoms with Crippen molar-refractivity contribution in [1.29, 1.82) is 0 Å². The fourth-order valence-electron chi connectivity index (χ4n) is 3.01. The van der Waals surface area contributed by atoms with Crippen molar-refractivity contribution in [3.05, 3.63) is 0 Å². The minimum Gasteiger partial charge on any atom is -0.376 e. The molecule has 0 spiro atoms. The third-order valence-electron chi connectivity index (χ3n) is 4.47. The van der Waals surface area contributed by atoms with E-state index in [2.05, 4.69) is 15.5 Å². The Balaban J connectivity index is 1.67. The summed E-state index contributed by atoms with van der Waals surface area (Å²) in [6.07, 6.45) is 3.18. The number of carbonyl (C=O) groups is 2. The molecule has 2 fully saturated rings. The number of carbonyl (C=O) groups excluding carboxylic acids is 2. The third kappa shape index (κ3) is 5.66. The van der Waals surface area contributed by atoms with E-state index in [4.69, 9.17) is 4.74 Å². The summed E-state index contributed by atoms with van der Waals surface area (Å²) in [5.74, 6) is 0.0664. The zero-order valence-electron chi connectivity index (χ0n) is 14.3. The molecule has 3 amide bonds. The van der Waals surface area contributed by atoms with E-state index in [1.807, 2.05) is 18.7 Å². The van der Waals surface area contributed by atoms with Crippen LogP contribution in [0.3, 0.4) is 0 Å². The quantitative estimate of drug-likeness (QED) is 0.741. The van der Waals surface area contributed by atoms with Gasteiger partial charge in [-0.3, -0.25) is 9.69 Å². The normalized spacial score (nSPS) is 23.6. The fourth-order valence-corrected chi connectivity index (χ4v) is 3.01. The van der Waals surface area contributed by atoms with Gasteiger partial charge < -0.3 is 20.3 Å². The predicted molar refractivity (Wildman–Crippen MR) is 88.3 cm³/mol. The van der Waals surface area contributed by atoms with Gasteiger partial charge in [-0.1, -0.05) is 6.92 Å². The summed E-state index contributed by atoms with van der Waals surface area (Å²) in [5, 5.41) is 5.92. The predicted octanol–water partition coefficient (Wildman–Crippen LogP) is 0.407. The van der Waals surface area contributed by atoms with Crippen LogP contribution in [0.15, 0.2) is 0 Å². The monoisotopic (exact) mass is 326 g/mol. The zero-order chi connectivity index (χ0) is 16.7. The Labute approximate surface area is 138 Å². The van der Waals surface area contributed by atoms with Crippen LogP contribution >= 0.6 is 0 Å². The summed E-state index contributed by atoms with van der Waals surface area (Å²) >= 11 is 0. The zero-order valence-corrected chi connectivity index (χ0v) is 14.3.